The van der Waals surface area contributed by atoms with Crippen molar-refractivity contribution in [3.05, 3.63) is 11.6 Å². The summed E-state index contributed by atoms with van der Waals surface area (Å²) in [7, 11) is 0. The predicted octanol–water partition coefficient (Wildman–Crippen LogP) is 4.03. The van der Waals surface area contributed by atoms with Gasteiger partial charge in [-0.1, -0.05) is 59.0 Å². The van der Waals surface area contributed by atoms with E-state index >= 15 is 0 Å². The van der Waals surface area contributed by atoms with Gasteiger partial charge in [-0.3, -0.25) is 4.79 Å². The van der Waals surface area contributed by atoms with Crippen molar-refractivity contribution >= 4 is 18.2 Å². The van der Waals surface area contributed by atoms with Crippen LogP contribution in [0.2, 0.25) is 0 Å². The van der Waals surface area contributed by atoms with Gasteiger partial charge in [-0.15, -0.1) is 12.4 Å². The zero-order chi connectivity index (χ0) is 15.9. The number of halogens is 1. The Labute approximate surface area is 142 Å². The first-order valence-electron chi connectivity index (χ1n) is 8.51. The average molecular weight is 332 g/mol. The molecule has 1 aliphatic rings. The van der Waals surface area contributed by atoms with E-state index in [0.717, 1.165) is 18.5 Å². The van der Waals surface area contributed by atoms with Crippen molar-refractivity contribution in [2.75, 3.05) is 6.54 Å². The van der Waals surface area contributed by atoms with E-state index in [1.807, 2.05) is 26.8 Å². The van der Waals surface area contributed by atoms with Crippen molar-refractivity contribution in [2.45, 2.75) is 84.8 Å². The summed E-state index contributed by atoms with van der Waals surface area (Å²) >= 11 is 0. The summed E-state index contributed by atoms with van der Waals surface area (Å²) in [6.45, 7) is 8.94. The lowest BCUT2D eigenvalue weighted by atomic mass is 9.80. The number of carbonyl (C=O) groups excluding carboxylic acids is 1. The summed E-state index contributed by atoms with van der Waals surface area (Å²) in [6, 6.07) is -0.109. The summed E-state index contributed by atoms with van der Waals surface area (Å²) in [5.74, 6) is 0.155. The van der Waals surface area contributed by atoms with Gasteiger partial charge in [-0.25, -0.2) is 0 Å². The molecule has 0 saturated heterocycles. The van der Waals surface area contributed by atoms with E-state index in [1.54, 1.807) is 0 Å². The van der Waals surface area contributed by atoms with Crippen LogP contribution in [0.25, 0.3) is 0 Å². The molecule has 2 unspecified atom stereocenters. The molecular formula is C18H34ClNO2. The van der Waals surface area contributed by atoms with Crippen molar-refractivity contribution in [1.82, 2.24) is 5.32 Å². The van der Waals surface area contributed by atoms with Crippen LogP contribution in [0, 0.1) is 5.41 Å². The molecule has 0 aromatic heterocycles. The molecule has 0 radical (unpaired) electrons. The molecule has 130 valence electrons. The largest absolute Gasteiger partial charge is 0.391 e. The normalized spacial score (nSPS) is 24.4. The Hall–Kier alpha value is -0.380. The number of unbranched alkanes of at least 4 members (excludes halogenated alkanes) is 5. The second-order valence-corrected chi connectivity index (χ2v) is 7.13. The van der Waals surface area contributed by atoms with Crippen LogP contribution in [-0.2, 0) is 4.79 Å². The second kappa shape index (κ2) is 10.4. The van der Waals surface area contributed by atoms with Crippen LogP contribution in [0.15, 0.2) is 11.6 Å². The molecule has 1 rings (SSSR count). The average Bonchev–Trinajstić information content (AvgIpc) is 2.49. The van der Waals surface area contributed by atoms with Gasteiger partial charge < -0.3 is 10.4 Å². The van der Waals surface area contributed by atoms with E-state index in [-0.39, 0.29) is 29.6 Å². The van der Waals surface area contributed by atoms with Crippen LogP contribution in [-0.4, -0.2) is 29.6 Å². The monoisotopic (exact) mass is 331 g/mol. The molecule has 0 aliphatic heterocycles. The van der Waals surface area contributed by atoms with Gasteiger partial charge in [-0.05, 0) is 30.9 Å². The summed E-state index contributed by atoms with van der Waals surface area (Å²) < 4.78 is 0. The first-order chi connectivity index (χ1) is 9.88. The fourth-order valence-electron chi connectivity index (χ4n) is 2.94. The van der Waals surface area contributed by atoms with Crippen molar-refractivity contribution in [3.8, 4) is 0 Å². The number of aliphatic hydroxyl groups is 1. The fourth-order valence-corrected chi connectivity index (χ4v) is 2.94. The molecule has 0 amide bonds. The Balaban J connectivity index is 0.00000441. The van der Waals surface area contributed by atoms with E-state index in [4.69, 9.17) is 0 Å². The third-order valence-electron chi connectivity index (χ3n) is 4.54. The quantitative estimate of drug-likeness (QED) is 0.660. The van der Waals surface area contributed by atoms with Crippen LogP contribution >= 0.6 is 12.4 Å². The molecule has 0 aromatic rings. The first-order valence-corrected chi connectivity index (χ1v) is 8.51. The molecule has 0 fully saturated rings. The van der Waals surface area contributed by atoms with Gasteiger partial charge in [0.15, 0.2) is 5.78 Å². The number of allylic oxidation sites excluding steroid dienone is 1. The Morgan fingerprint density at radius 3 is 2.45 bits per heavy atom. The third kappa shape index (κ3) is 6.80. The first kappa shape index (κ1) is 21.6. The van der Waals surface area contributed by atoms with Crippen molar-refractivity contribution in [2.24, 2.45) is 5.41 Å². The molecule has 2 atom stereocenters. The zero-order valence-corrected chi connectivity index (χ0v) is 15.5. The lowest BCUT2D eigenvalue weighted by molar-refractivity contribution is -0.118. The number of aliphatic hydroxyl groups excluding tert-OH is 1. The van der Waals surface area contributed by atoms with Crippen LogP contribution in [0.1, 0.15) is 72.6 Å². The molecule has 22 heavy (non-hydrogen) atoms. The Morgan fingerprint density at radius 2 is 1.82 bits per heavy atom. The molecule has 1 aliphatic carbocycles. The SMILES string of the molecule is CCCCCCCCNC1C=C(C)C(=O)CC(C)(C)C1O.Cl. The minimum Gasteiger partial charge on any atom is -0.391 e. The van der Waals surface area contributed by atoms with Gasteiger partial charge in [0, 0.05) is 6.42 Å². The summed E-state index contributed by atoms with van der Waals surface area (Å²) in [5.41, 5.74) is 0.407. The molecule has 3 nitrogen and oxygen atoms in total. The smallest absolute Gasteiger partial charge is 0.158 e. The summed E-state index contributed by atoms with van der Waals surface area (Å²) in [6.07, 6.45) is 9.41. The van der Waals surface area contributed by atoms with E-state index in [1.165, 1.54) is 32.1 Å². The van der Waals surface area contributed by atoms with Gasteiger partial charge in [0.1, 0.15) is 0 Å². The molecule has 0 aromatic carbocycles. The second-order valence-electron chi connectivity index (χ2n) is 7.13. The predicted molar refractivity (Wildman–Crippen MR) is 95.6 cm³/mol. The maximum atomic E-state index is 12.0. The zero-order valence-electron chi connectivity index (χ0n) is 14.7. The number of ketones is 1. The maximum Gasteiger partial charge on any atom is 0.158 e. The van der Waals surface area contributed by atoms with E-state index in [2.05, 4.69) is 12.2 Å². The molecule has 0 bridgehead atoms. The highest BCUT2D eigenvalue weighted by Gasteiger charge is 2.37. The molecular weight excluding hydrogens is 298 g/mol. The van der Waals surface area contributed by atoms with E-state index in [9.17, 15) is 9.90 Å². The van der Waals surface area contributed by atoms with Crippen molar-refractivity contribution in [1.29, 1.82) is 0 Å². The van der Waals surface area contributed by atoms with Crippen LogP contribution in [0.3, 0.4) is 0 Å². The van der Waals surface area contributed by atoms with Crippen LogP contribution in [0.5, 0.6) is 0 Å². The van der Waals surface area contributed by atoms with Gasteiger partial charge in [0.25, 0.3) is 0 Å². The number of nitrogens with one attached hydrogen (secondary N) is 1. The maximum absolute atomic E-state index is 12.0. The number of carbonyl (C=O) groups is 1. The minimum atomic E-state index is -0.515. The molecule has 2 N–H and O–H groups in total. The Bertz CT molecular complexity index is 366. The highest BCUT2D eigenvalue weighted by Crippen LogP contribution is 2.32. The summed E-state index contributed by atoms with van der Waals surface area (Å²) in [4.78, 5) is 12.0. The van der Waals surface area contributed by atoms with Crippen molar-refractivity contribution in [3.63, 3.8) is 0 Å². The van der Waals surface area contributed by atoms with Gasteiger partial charge in [-0.2, -0.15) is 0 Å². The molecule has 0 heterocycles. The lowest BCUT2D eigenvalue weighted by Gasteiger charge is -2.33. The standard InChI is InChI=1S/C18H33NO2.ClH/c1-5-6-7-8-9-10-11-19-15-12-14(2)16(20)13-18(3,4)17(15)21;/h12,15,17,19,21H,5-11,13H2,1-4H3;1H. The van der Waals surface area contributed by atoms with E-state index < -0.39 is 6.10 Å². The minimum absolute atomic E-state index is 0. The number of hydrogen-bond donors (Lipinski definition) is 2. The summed E-state index contributed by atoms with van der Waals surface area (Å²) in [5, 5.41) is 14.0. The van der Waals surface area contributed by atoms with Gasteiger partial charge >= 0.3 is 0 Å². The van der Waals surface area contributed by atoms with Crippen LogP contribution in [0.4, 0.5) is 0 Å². The number of Topliss-reactive ketones (excluding diaryl/α,β-unsaturated/α-hetero) is 1. The molecule has 0 saturated carbocycles. The third-order valence-corrected chi connectivity index (χ3v) is 4.54. The highest BCUT2D eigenvalue weighted by molar-refractivity contribution is 5.95. The van der Waals surface area contributed by atoms with Gasteiger partial charge in [0.05, 0.1) is 12.1 Å². The number of hydrogen-bond acceptors (Lipinski definition) is 3. The molecule has 4 heteroatoms. The number of rotatable bonds is 8. The van der Waals surface area contributed by atoms with E-state index in [0.29, 0.717) is 6.42 Å². The van der Waals surface area contributed by atoms with Crippen molar-refractivity contribution < 1.29 is 9.90 Å². The lowest BCUT2D eigenvalue weighted by Crippen LogP contribution is -2.46. The highest BCUT2D eigenvalue weighted by atomic mass is 35.5. The van der Waals surface area contributed by atoms with Crippen LogP contribution < -0.4 is 5.32 Å². The molecule has 0 spiro atoms. The fraction of sp³-hybridized carbons (Fsp3) is 0.833. The Morgan fingerprint density at radius 1 is 1.23 bits per heavy atom. The van der Waals surface area contributed by atoms with Gasteiger partial charge in [0.2, 0.25) is 0 Å². The topological polar surface area (TPSA) is 49.3 Å². The Kier molecular flexibility index (Phi) is 10.2.